The summed E-state index contributed by atoms with van der Waals surface area (Å²) in [6.07, 6.45) is 1.05. The zero-order valence-corrected chi connectivity index (χ0v) is 10.6. The van der Waals surface area contributed by atoms with E-state index >= 15 is 0 Å². The predicted octanol–water partition coefficient (Wildman–Crippen LogP) is 2.90. The second-order valence-electron chi connectivity index (χ2n) is 3.99. The van der Waals surface area contributed by atoms with Crippen molar-refractivity contribution in [3.05, 3.63) is 52.2 Å². The van der Waals surface area contributed by atoms with Crippen molar-refractivity contribution in [1.29, 1.82) is 0 Å². The summed E-state index contributed by atoms with van der Waals surface area (Å²) in [4.78, 5) is 1.22. The van der Waals surface area contributed by atoms with Crippen molar-refractivity contribution < 1.29 is 9.84 Å². The van der Waals surface area contributed by atoms with E-state index in [2.05, 4.69) is 6.07 Å². The van der Waals surface area contributed by atoms with Crippen LogP contribution in [0, 0.1) is 0 Å². The van der Waals surface area contributed by atoms with Crippen LogP contribution in [-0.4, -0.2) is 18.3 Å². The summed E-state index contributed by atoms with van der Waals surface area (Å²) < 4.78 is 5.16. The third kappa shape index (κ3) is 3.58. The maximum absolute atomic E-state index is 10.0. The van der Waals surface area contributed by atoms with Crippen LogP contribution in [-0.2, 0) is 12.8 Å². The molecule has 0 bridgehead atoms. The molecule has 17 heavy (non-hydrogen) atoms. The average Bonchev–Trinajstić information content (AvgIpc) is 2.82. The highest BCUT2D eigenvalue weighted by Gasteiger charge is 2.08. The highest BCUT2D eigenvalue weighted by molar-refractivity contribution is 7.09. The van der Waals surface area contributed by atoms with Crippen LogP contribution in [0.4, 0.5) is 0 Å². The Morgan fingerprint density at radius 1 is 1.24 bits per heavy atom. The van der Waals surface area contributed by atoms with Gasteiger partial charge in [0, 0.05) is 11.3 Å². The minimum Gasteiger partial charge on any atom is -0.497 e. The molecule has 1 aromatic carbocycles. The van der Waals surface area contributed by atoms with Gasteiger partial charge in [-0.15, -0.1) is 11.3 Å². The van der Waals surface area contributed by atoms with Gasteiger partial charge in [-0.25, -0.2) is 0 Å². The van der Waals surface area contributed by atoms with Gasteiger partial charge in [-0.05, 0) is 35.6 Å². The van der Waals surface area contributed by atoms with Crippen molar-refractivity contribution in [1.82, 2.24) is 0 Å². The first-order valence-electron chi connectivity index (χ1n) is 5.61. The molecule has 0 saturated heterocycles. The van der Waals surface area contributed by atoms with Crippen molar-refractivity contribution in [2.75, 3.05) is 7.11 Å². The molecule has 2 rings (SSSR count). The van der Waals surface area contributed by atoms with E-state index in [1.807, 2.05) is 35.7 Å². The lowest BCUT2D eigenvalue weighted by Gasteiger charge is -2.10. The lowest BCUT2D eigenvalue weighted by atomic mass is 10.0. The molecule has 0 aliphatic rings. The van der Waals surface area contributed by atoms with Crippen LogP contribution in [0.1, 0.15) is 10.4 Å². The van der Waals surface area contributed by atoms with Crippen LogP contribution in [0.2, 0.25) is 0 Å². The molecule has 0 aliphatic carbocycles. The van der Waals surface area contributed by atoms with Gasteiger partial charge in [0.1, 0.15) is 5.75 Å². The molecule has 0 amide bonds. The molecule has 0 saturated carbocycles. The summed E-state index contributed by atoms with van der Waals surface area (Å²) in [5.41, 5.74) is 1.11. The van der Waals surface area contributed by atoms with E-state index in [0.717, 1.165) is 17.7 Å². The van der Waals surface area contributed by atoms with Gasteiger partial charge in [0.25, 0.3) is 0 Å². The number of thiophene rings is 1. The highest BCUT2D eigenvalue weighted by atomic mass is 32.1. The smallest absolute Gasteiger partial charge is 0.119 e. The first-order valence-corrected chi connectivity index (χ1v) is 6.49. The zero-order valence-electron chi connectivity index (χ0n) is 9.80. The summed E-state index contributed by atoms with van der Waals surface area (Å²) >= 11 is 1.68. The normalized spacial score (nSPS) is 12.4. The third-order valence-corrected chi connectivity index (χ3v) is 3.52. The maximum Gasteiger partial charge on any atom is 0.119 e. The lowest BCUT2D eigenvalue weighted by Crippen LogP contribution is -2.13. The number of aliphatic hydroxyl groups excluding tert-OH is 1. The molecule has 90 valence electrons. The van der Waals surface area contributed by atoms with E-state index < -0.39 is 0 Å². The molecule has 1 unspecified atom stereocenters. The Labute approximate surface area is 105 Å². The second kappa shape index (κ2) is 5.84. The molecule has 1 N–H and O–H groups in total. The zero-order chi connectivity index (χ0) is 12.1. The van der Waals surface area contributed by atoms with Gasteiger partial charge in [0.15, 0.2) is 0 Å². The molecule has 2 aromatic rings. The number of ether oxygens (including phenoxy) is 1. The number of hydrogen-bond acceptors (Lipinski definition) is 3. The number of aliphatic hydroxyl groups is 1. The van der Waals surface area contributed by atoms with Gasteiger partial charge in [-0.2, -0.15) is 0 Å². The third-order valence-electron chi connectivity index (χ3n) is 2.62. The molecule has 1 heterocycles. The van der Waals surface area contributed by atoms with Crippen LogP contribution in [0.3, 0.4) is 0 Å². The van der Waals surface area contributed by atoms with Crippen LogP contribution in [0.15, 0.2) is 41.8 Å². The quantitative estimate of drug-likeness (QED) is 0.881. The minimum atomic E-state index is -0.333. The number of methoxy groups -OCH3 is 1. The summed E-state index contributed by atoms with van der Waals surface area (Å²) in [6.45, 7) is 0. The topological polar surface area (TPSA) is 29.5 Å². The van der Waals surface area contributed by atoms with Crippen molar-refractivity contribution >= 4 is 11.3 Å². The van der Waals surface area contributed by atoms with Gasteiger partial charge < -0.3 is 9.84 Å². The summed E-state index contributed by atoms with van der Waals surface area (Å²) in [6, 6.07) is 11.9. The fraction of sp³-hybridized carbons (Fsp3) is 0.286. The Hall–Kier alpha value is -1.32. The fourth-order valence-electron chi connectivity index (χ4n) is 1.80. The van der Waals surface area contributed by atoms with Crippen molar-refractivity contribution in [2.45, 2.75) is 18.9 Å². The Bertz CT molecular complexity index is 451. The summed E-state index contributed by atoms with van der Waals surface area (Å²) in [5, 5.41) is 12.0. The standard InChI is InChI=1S/C14H16O2S/c1-16-13-5-2-4-11(9-13)8-12(15)10-14-6-3-7-17-14/h2-7,9,12,15H,8,10H2,1H3. The fourth-order valence-corrected chi connectivity index (χ4v) is 2.58. The van der Waals surface area contributed by atoms with Gasteiger partial charge >= 0.3 is 0 Å². The lowest BCUT2D eigenvalue weighted by molar-refractivity contribution is 0.176. The van der Waals surface area contributed by atoms with Crippen LogP contribution >= 0.6 is 11.3 Å². The molecular formula is C14H16O2S. The Morgan fingerprint density at radius 2 is 2.12 bits per heavy atom. The number of rotatable bonds is 5. The molecule has 0 fully saturated rings. The predicted molar refractivity (Wildman–Crippen MR) is 70.7 cm³/mol. The van der Waals surface area contributed by atoms with E-state index in [4.69, 9.17) is 4.74 Å². The van der Waals surface area contributed by atoms with E-state index in [-0.39, 0.29) is 6.10 Å². The SMILES string of the molecule is COc1cccc(CC(O)Cc2cccs2)c1. The largest absolute Gasteiger partial charge is 0.497 e. The summed E-state index contributed by atoms with van der Waals surface area (Å²) in [7, 11) is 1.65. The molecule has 0 radical (unpaired) electrons. The maximum atomic E-state index is 10.0. The Kier molecular flexibility index (Phi) is 4.18. The number of benzene rings is 1. The van der Waals surface area contributed by atoms with Gasteiger partial charge in [0.2, 0.25) is 0 Å². The van der Waals surface area contributed by atoms with Crippen LogP contribution in [0.5, 0.6) is 5.75 Å². The molecule has 2 nitrogen and oxygen atoms in total. The van der Waals surface area contributed by atoms with Crippen LogP contribution < -0.4 is 4.74 Å². The molecule has 3 heteroatoms. The van der Waals surface area contributed by atoms with E-state index in [0.29, 0.717) is 6.42 Å². The molecular weight excluding hydrogens is 232 g/mol. The van der Waals surface area contributed by atoms with Gasteiger partial charge in [0.05, 0.1) is 13.2 Å². The Balaban J connectivity index is 1.95. The molecule has 1 atom stereocenters. The van der Waals surface area contributed by atoms with Crippen molar-refractivity contribution in [2.24, 2.45) is 0 Å². The van der Waals surface area contributed by atoms with E-state index in [1.165, 1.54) is 4.88 Å². The van der Waals surface area contributed by atoms with Crippen molar-refractivity contribution in [3.63, 3.8) is 0 Å². The van der Waals surface area contributed by atoms with Gasteiger partial charge in [-0.1, -0.05) is 18.2 Å². The monoisotopic (exact) mass is 248 g/mol. The highest BCUT2D eigenvalue weighted by Crippen LogP contribution is 2.17. The second-order valence-corrected chi connectivity index (χ2v) is 5.03. The van der Waals surface area contributed by atoms with E-state index in [1.54, 1.807) is 18.4 Å². The summed E-state index contributed by atoms with van der Waals surface area (Å²) in [5.74, 6) is 0.839. The first-order chi connectivity index (χ1) is 8.28. The molecule has 0 aliphatic heterocycles. The molecule has 1 aromatic heterocycles. The molecule has 0 spiro atoms. The van der Waals surface area contributed by atoms with E-state index in [9.17, 15) is 5.11 Å². The van der Waals surface area contributed by atoms with Crippen LogP contribution in [0.25, 0.3) is 0 Å². The number of hydrogen-bond donors (Lipinski definition) is 1. The first kappa shape index (κ1) is 12.1. The van der Waals surface area contributed by atoms with Crippen molar-refractivity contribution in [3.8, 4) is 5.75 Å². The minimum absolute atomic E-state index is 0.333. The Morgan fingerprint density at radius 3 is 2.82 bits per heavy atom. The average molecular weight is 248 g/mol. The van der Waals surface area contributed by atoms with Gasteiger partial charge in [-0.3, -0.25) is 0 Å².